The van der Waals surface area contributed by atoms with Crippen LogP contribution in [0.5, 0.6) is 0 Å². The SMILES string of the molecule is NC(N)(CCCO)C(=O)O. The molecule has 0 saturated carbocycles. The van der Waals surface area contributed by atoms with E-state index in [1.807, 2.05) is 0 Å². The number of hydrogen-bond acceptors (Lipinski definition) is 4. The van der Waals surface area contributed by atoms with Crippen molar-refractivity contribution in [3.05, 3.63) is 0 Å². The zero-order valence-corrected chi connectivity index (χ0v) is 5.58. The van der Waals surface area contributed by atoms with Crippen LogP contribution in [0.2, 0.25) is 0 Å². The summed E-state index contributed by atoms with van der Waals surface area (Å²) in [4.78, 5) is 10.2. The van der Waals surface area contributed by atoms with Gasteiger partial charge < -0.3 is 21.7 Å². The van der Waals surface area contributed by atoms with Crippen molar-refractivity contribution < 1.29 is 15.0 Å². The van der Waals surface area contributed by atoms with Crippen molar-refractivity contribution in [2.45, 2.75) is 18.5 Å². The maximum Gasteiger partial charge on any atom is 0.338 e. The number of carboxylic acids is 1. The van der Waals surface area contributed by atoms with Gasteiger partial charge in [-0.2, -0.15) is 0 Å². The van der Waals surface area contributed by atoms with Gasteiger partial charge in [-0.1, -0.05) is 0 Å². The van der Waals surface area contributed by atoms with Gasteiger partial charge in [0.2, 0.25) is 0 Å². The maximum absolute atomic E-state index is 10.2. The molecule has 0 saturated heterocycles. The molecule has 6 N–H and O–H groups in total. The first-order chi connectivity index (χ1) is 4.50. The number of hydrogen-bond donors (Lipinski definition) is 4. The standard InChI is InChI=1S/C5H12N2O3/c6-5(7,4(9)10)2-1-3-8/h8H,1-3,6-7H2,(H,9,10). The molecule has 0 aromatic heterocycles. The van der Waals surface area contributed by atoms with E-state index < -0.39 is 11.6 Å². The molecule has 0 aliphatic carbocycles. The van der Waals surface area contributed by atoms with Crippen LogP contribution < -0.4 is 11.5 Å². The van der Waals surface area contributed by atoms with E-state index in [2.05, 4.69) is 0 Å². The highest BCUT2D eigenvalue weighted by molar-refractivity contribution is 5.77. The smallest absolute Gasteiger partial charge is 0.338 e. The van der Waals surface area contributed by atoms with Crippen molar-refractivity contribution in [3.8, 4) is 0 Å². The third-order valence-corrected chi connectivity index (χ3v) is 1.15. The lowest BCUT2D eigenvalue weighted by Gasteiger charge is -2.17. The highest BCUT2D eigenvalue weighted by Gasteiger charge is 2.27. The van der Waals surface area contributed by atoms with Crippen molar-refractivity contribution >= 4 is 5.97 Å². The summed E-state index contributed by atoms with van der Waals surface area (Å²) < 4.78 is 0. The minimum absolute atomic E-state index is 0.0822. The molecule has 0 aliphatic heterocycles. The van der Waals surface area contributed by atoms with Gasteiger partial charge in [0.25, 0.3) is 0 Å². The van der Waals surface area contributed by atoms with E-state index in [1.165, 1.54) is 0 Å². The molecule has 0 spiro atoms. The first-order valence-corrected chi connectivity index (χ1v) is 2.92. The van der Waals surface area contributed by atoms with Crippen LogP contribution in [0.3, 0.4) is 0 Å². The molecule has 0 bridgehead atoms. The van der Waals surface area contributed by atoms with Gasteiger partial charge in [0.1, 0.15) is 0 Å². The van der Waals surface area contributed by atoms with Crippen LogP contribution in [-0.2, 0) is 4.79 Å². The van der Waals surface area contributed by atoms with Crippen molar-refractivity contribution in [1.82, 2.24) is 0 Å². The topological polar surface area (TPSA) is 110 Å². The predicted molar refractivity (Wildman–Crippen MR) is 35.1 cm³/mol. The Morgan fingerprint density at radius 1 is 1.50 bits per heavy atom. The molecule has 60 valence electrons. The fraction of sp³-hybridized carbons (Fsp3) is 0.800. The second-order valence-electron chi connectivity index (χ2n) is 2.17. The summed E-state index contributed by atoms with van der Waals surface area (Å²) in [5, 5.41) is 16.6. The van der Waals surface area contributed by atoms with E-state index in [4.69, 9.17) is 21.7 Å². The van der Waals surface area contributed by atoms with Crippen LogP contribution >= 0.6 is 0 Å². The molecule has 0 amide bonds. The summed E-state index contributed by atoms with van der Waals surface area (Å²) in [5.41, 5.74) is 8.53. The Morgan fingerprint density at radius 2 is 2.00 bits per heavy atom. The number of aliphatic carboxylic acids is 1. The molecule has 0 rings (SSSR count). The average molecular weight is 148 g/mol. The number of rotatable bonds is 4. The maximum atomic E-state index is 10.2. The summed E-state index contributed by atoms with van der Waals surface area (Å²) in [6, 6.07) is 0. The molecule has 5 nitrogen and oxygen atoms in total. The van der Waals surface area contributed by atoms with E-state index in [1.54, 1.807) is 0 Å². The van der Waals surface area contributed by atoms with E-state index >= 15 is 0 Å². The molecular formula is C5H12N2O3. The number of nitrogens with two attached hydrogens (primary N) is 2. The minimum atomic E-state index is -1.69. The van der Waals surface area contributed by atoms with Crippen molar-refractivity contribution in [3.63, 3.8) is 0 Å². The molecule has 0 unspecified atom stereocenters. The molecule has 0 aliphatic rings. The Balaban J connectivity index is 3.75. The first-order valence-electron chi connectivity index (χ1n) is 2.92. The van der Waals surface area contributed by atoms with Gasteiger partial charge in [-0.15, -0.1) is 0 Å². The minimum Gasteiger partial charge on any atom is -0.479 e. The average Bonchev–Trinajstić information content (AvgIpc) is 1.84. The van der Waals surface area contributed by atoms with Crippen molar-refractivity contribution in [2.24, 2.45) is 11.5 Å². The molecule has 0 fully saturated rings. The van der Waals surface area contributed by atoms with E-state index in [0.717, 1.165) is 0 Å². The molecule has 0 aromatic rings. The van der Waals surface area contributed by atoms with Gasteiger partial charge in [-0.3, -0.25) is 0 Å². The van der Waals surface area contributed by atoms with Gasteiger partial charge in [-0.25, -0.2) is 4.79 Å². The summed E-state index contributed by atoms with van der Waals surface area (Å²) in [7, 11) is 0. The van der Waals surface area contributed by atoms with E-state index in [-0.39, 0.29) is 13.0 Å². The molecule has 0 aromatic carbocycles. The largest absolute Gasteiger partial charge is 0.479 e. The Morgan fingerprint density at radius 3 is 2.30 bits per heavy atom. The monoisotopic (exact) mass is 148 g/mol. The second kappa shape index (κ2) is 3.50. The van der Waals surface area contributed by atoms with Crippen LogP contribution in [0, 0.1) is 0 Å². The Labute approximate surface area is 58.6 Å². The number of carbonyl (C=O) groups is 1. The van der Waals surface area contributed by atoms with Gasteiger partial charge in [-0.05, 0) is 12.8 Å². The van der Waals surface area contributed by atoms with E-state index in [9.17, 15) is 4.79 Å². The lowest BCUT2D eigenvalue weighted by atomic mass is 10.1. The third-order valence-electron chi connectivity index (χ3n) is 1.15. The summed E-state index contributed by atoms with van der Waals surface area (Å²) in [6.45, 7) is -0.0938. The Hall–Kier alpha value is -0.650. The van der Waals surface area contributed by atoms with Crippen LogP contribution in [0.1, 0.15) is 12.8 Å². The van der Waals surface area contributed by atoms with Gasteiger partial charge in [0, 0.05) is 6.61 Å². The quantitative estimate of drug-likeness (QED) is 0.361. The zero-order valence-electron chi connectivity index (χ0n) is 5.58. The Kier molecular flexibility index (Phi) is 3.27. The van der Waals surface area contributed by atoms with Crippen LogP contribution in [0.25, 0.3) is 0 Å². The van der Waals surface area contributed by atoms with Gasteiger partial charge in [0.05, 0.1) is 0 Å². The van der Waals surface area contributed by atoms with Crippen LogP contribution in [0.4, 0.5) is 0 Å². The van der Waals surface area contributed by atoms with E-state index in [0.29, 0.717) is 6.42 Å². The molecule has 5 heteroatoms. The van der Waals surface area contributed by atoms with Crippen molar-refractivity contribution in [1.29, 1.82) is 0 Å². The Bertz CT molecular complexity index is 124. The molecular weight excluding hydrogens is 136 g/mol. The van der Waals surface area contributed by atoms with Crippen molar-refractivity contribution in [2.75, 3.05) is 6.61 Å². The normalized spacial score (nSPS) is 11.5. The van der Waals surface area contributed by atoms with Gasteiger partial charge >= 0.3 is 5.97 Å². The number of aliphatic hydroxyl groups excluding tert-OH is 1. The predicted octanol–water partition coefficient (Wildman–Crippen LogP) is -1.54. The van der Waals surface area contributed by atoms with Gasteiger partial charge in [0.15, 0.2) is 5.66 Å². The molecule has 0 atom stereocenters. The lowest BCUT2D eigenvalue weighted by Crippen LogP contribution is -2.56. The fourth-order valence-electron chi connectivity index (χ4n) is 0.479. The first kappa shape index (κ1) is 9.35. The highest BCUT2D eigenvalue weighted by atomic mass is 16.4. The second-order valence-corrected chi connectivity index (χ2v) is 2.17. The summed E-state index contributed by atoms with van der Waals surface area (Å²) >= 11 is 0. The lowest BCUT2D eigenvalue weighted by molar-refractivity contribution is -0.143. The zero-order chi connectivity index (χ0) is 8.20. The molecule has 10 heavy (non-hydrogen) atoms. The fourth-order valence-corrected chi connectivity index (χ4v) is 0.479. The molecule has 0 heterocycles. The molecule has 0 radical (unpaired) electrons. The van der Waals surface area contributed by atoms with Crippen LogP contribution in [0.15, 0.2) is 0 Å². The number of aliphatic hydroxyl groups is 1. The summed E-state index contributed by atoms with van der Waals surface area (Å²) in [6.07, 6.45) is 0.387. The third kappa shape index (κ3) is 2.77. The van der Waals surface area contributed by atoms with Crippen LogP contribution in [-0.4, -0.2) is 28.5 Å². The highest BCUT2D eigenvalue weighted by Crippen LogP contribution is 2.01. The summed E-state index contributed by atoms with van der Waals surface area (Å²) in [5.74, 6) is -1.25. The number of carboxylic acid groups (broad SMARTS) is 1.